The van der Waals surface area contributed by atoms with Crippen LogP contribution < -0.4 is 14.8 Å². The lowest BCUT2D eigenvalue weighted by Crippen LogP contribution is -2.27. The van der Waals surface area contributed by atoms with Gasteiger partial charge in [-0.25, -0.2) is 13.1 Å². The maximum absolute atomic E-state index is 12.0. The van der Waals surface area contributed by atoms with Crippen LogP contribution in [0.3, 0.4) is 0 Å². The minimum Gasteiger partial charge on any atom is -0.482 e. The van der Waals surface area contributed by atoms with E-state index < -0.39 is 10.0 Å². The molecular formula is C11H11ClN2O4S. The molecule has 1 aliphatic heterocycles. The minimum absolute atomic E-state index is 0.00103. The Labute approximate surface area is 115 Å². The van der Waals surface area contributed by atoms with Gasteiger partial charge in [0.15, 0.2) is 6.61 Å². The fourth-order valence-electron chi connectivity index (χ4n) is 1.53. The highest BCUT2D eigenvalue weighted by atomic mass is 35.5. The van der Waals surface area contributed by atoms with Gasteiger partial charge in [-0.15, -0.1) is 6.58 Å². The number of carbonyl (C=O) groups excluding carboxylic acids is 1. The molecule has 0 fully saturated rings. The Morgan fingerprint density at radius 2 is 2.26 bits per heavy atom. The van der Waals surface area contributed by atoms with Crippen LogP contribution in [-0.4, -0.2) is 27.5 Å². The maximum Gasteiger partial charge on any atom is 0.262 e. The Balaban J connectivity index is 2.43. The number of ether oxygens (including phenoxy) is 1. The topological polar surface area (TPSA) is 84.5 Å². The lowest BCUT2D eigenvalue weighted by Gasteiger charge is -2.19. The molecule has 0 saturated heterocycles. The predicted molar refractivity (Wildman–Crippen MR) is 71.0 cm³/mol. The highest BCUT2D eigenvalue weighted by Crippen LogP contribution is 2.35. The van der Waals surface area contributed by atoms with Gasteiger partial charge in [-0.1, -0.05) is 17.7 Å². The number of rotatable bonds is 4. The number of nitrogens with one attached hydrogen (secondary N) is 2. The summed E-state index contributed by atoms with van der Waals surface area (Å²) < 4.78 is 31.4. The van der Waals surface area contributed by atoms with Crippen LogP contribution in [0.1, 0.15) is 0 Å². The van der Waals surface area contributed by atoms with Gasteiger partial charge in [0, 0.05) is 12.6 Å². The van der Waals surface area contributed by atoms with Crippen LogP contribution in [0.5, 0.6) is 5.75 Å². The van der Waals surface area contributed by atoms with E-state index in [0.717, 1.165) is 0 Å². The standard InChI is InChI=1S/C11H11ClN2O4S/c1-2-3-13-19(16,17)10-5-9-8(4-7(10)12)14-11(15)6-18-9/h2,4-5,13H,1,3,6H2,(H,14,15). The lowest BCUT2D eigenvalue weighted by atomic mass is 10.2. The maximum atomic E-state index is 12.0. The summed E-state index contributed by atoms with van der Waals surface area (Å²) in [5, 5.41) is 2.54. The average molecular weight is 303 g/mol. The van der Waals surface area contributed by atoms with E-state index in [4.69, 9.17) is 16.3 Å². The van der Waals surface area contributed by atoms with Crippen LogP contribution in [0.25, 0.3) is 0 Å². The lowest BCUT2D eigenvalue weighted by molar-refractivity contribution is -0.118. The summed E-state index contributed by atoms with van der Waals surface area (Å²) in [4.78, 5) is 11.0. The minimum atomic E-state index is -3.75. The number of amides is 1. The highest BCUT2D eigenvalue weighted by molar-refractivity contribution is 7.89. The van der Waals surface area contributed by atoms with Gasteiger partial charge >= 0.3 is 0 Å². The molecule has 0 aliphatic carbocycles. The van der Waals surface area contributed by atoms with Gasteiger partial charge in [-0.3, -0.25) is 4.79 Å². The monoisotopic (exact) mass is 302 g/mol. The molecule has 0 aromatic heterocycles. The van der Waals surface area contributed by atoms with E-state index in [-0.39, 0.29) is 34.7 Å². The van der Waals surface area contributed by atoms with Crippen LogP contribution in [0.2, 0.25) is 5.02 Å². The molecule has 8 heteroatoms. The number of carbonyl (C=O) groups is 1. The van der Waals surface area contributed by atoms with Gasteiger partial charge in [-0.05, 0) is 6.07 Å². The molecule has 1 aromatic rings. The Kier molecular flexibility index (Phi) is 3.79. The SMILES string of the molecule is C=CCNS(=O)(=O)c1cc2c(cc1Cl)NC(=O)CO2. The van der Waals surface area contributed by atoms with Crippen molar-refractivity contribution in [2.75, 3.05) is 18.5 Å². The van der Waals surface area contributed by atoms with Crippen LogP contribution in [0.15, 0.2) is 29.7 Å². The van der Waals surface area contributed by atoms with Gasteiger partial charge in [0.1, 0.15) is 10.6 Å². The molecule has 0 radical (unpaired) electrons. The van der Waals surface area contributed by atoms with E-state index in [1.54, 1.807) is 0 Å². The predicted octanol–water partition coefficient (Wildman–Crippen LogP) is 1.14. The summed E-state index contributed by atoms with van der Waals surface area (Å²) in [6, 6.07) is 2.62. The third-order valence-corrected chi connectivity index (χ3v) is 4.26. The van der Waals surface area contributed by atoms with Crippen LogP contribution >= 0.6 is 11.6 Å². The summed E-state index contributed by atoms with van der Waals surface area (Å²) >= 11 is 5.92. The van der Waals surface area contributed by atoms with E-state index in [9.17, 15) is 13.2 Å². The highest BCUT2D eigenvalue weighted by Gasteiger charge is 2.23. The summed E-state index contributed by atoms with van der Waals surface area (Å²) in [7, 11) is -3.75. The summed E-state index contributed by atoms with van der Waals surface area (Å²) in [6.07, 6.45) is 1.42. The molecular weight excluding hydrogens is 292 g/mol. The van der Waals surface area contributed by atoms with Crippen LogP contribution in [0.4, 0.5) is 5.69 Å². The van der Waals surface area contributed by atoms with Crippen molar-refractivity contribution in [3.05, 3.63) is 29.8 Å². The van der Waals surface area contributed by atoms with Gasteiger partial charge in [0.25, 0.3) is 5.91 Å². The van der Waals surface area contributed by atoms with Crippen molar-refractivity contribution >= 4 is 33.2 Å². The Morgan fingerprint density at radius 1 is 1.53 bits per heavy atom. The molecule has 2 N–H and O–H groups in total. The molecule has 0 bridgehead atoms. The molecule has 1 aliphatic rings. The zero-order valence-corrected chi connectivity index (χ0v) is 11.3. The van der Waals surface area contributed by atoms with Gasteiger partial charge in [-0.2, -0.15) is 0 Å². The van der Waals surface area contributed by atoms with Gasteiger partial charge in [0.2, 0.25) is 10.0 Å². The van der Waals surface area contributed by atoms with Crippen molar-refractivity contribution in [2.24, 2.45) is 0 Å². The van der Waals surface area contributed by atoms with Crippen molar-refractivity contribution in [3.8, 4) is 5.75 Å². The van der Waals surface area contributed by atoms with Crippen molar-refractivity contribution in [2.45, 2.75) is 4.90 Å². The summed E-state index contributed by atoms with van der Waals surface area (Å²) in [5.41, 5.74) is 0.351. The second kappa shape index (κ2) is 5.20. The fraction of sp³-hybridized carbons (Fsp3) is 0.182. The second-order valence-electron chi connectivity index (χ2n) is 3.76. The molecule has 0 saturated carbocycles. The molecule has 1 aromatic carbocycles. The van der Waals surface area contributed by atoms with E-state index in [2.05, 4.69) is 16.6 Å². The number of hydrogen-bond acceptors (Lipinski definition) is 4. The third-order valence-electron chi connectivity index (χ3n) is 2.37. The molecule has 19 heavy (non-hydrogen) atoms. The first-order valence-corrected chi connectivity index (χ1v) is 7.17. The average Bonchev–Trinajstić information content (AvgIpc) is 2.35. The molecule has 102 valence electrons. The van der Waals surface area contributed by atoms with Gasteiger partial charge in [0.05, 0.1) is 10.7 Å². The molecule has 1 heterocycles. The number of fused-ring (bicyclic) bond motifs is 1. The number of anilines is 1. The van der Waals surface area contributed by atoms with Crippen LogP contribution in [-0.2, 0) is 14.8 Å². The Morgan fingerprint density at radius 3 is 2.95 bits per heavy atom. The molecule has 6 nitrogen and oxygen atoms in total. The van der Waals surface area contributed by atoms with E-state index in [1.165, 1.54) is 18.2 Å². The second-order valence-corrected chi connectivity index (χ2v) is 5.90. The smallest absolute Gasteiger partial charge is 0.262 e. The molecule has 0 atom stereocenters. The number of halogens is 1. The first-order valence-electron chi connectivity index (χ1n) is 5.31. The van der Waals surface area contributed by atoms with Crippen molar-refractivity contribution in [1.29, 1.82) is 0 Å². The van der Waals surface area contributed by atoms with E-state index in [0.29, 0.717) is 5.69 Å². The molecule has 0 spiro atoms. The van der Waals surface area contributed by atoms with Crippen LogP contribution in [0, 0.1) is 0 Å². The van der Waals surface area contributed by atoms with Crippen molar-refractivity contribution in [1.82, 2.24) is 4.72 Å². The van der Waals surface area contributed by atoms with Gasteiger partial charge < -0.3 is 10.1 Å². The van der Waals surface area contributed by atoms with E-state index >= 15 is 0 Å². The van der Waals surface area contributed by atoms with Crippen molar-refractivity contribution in [3.63, 3.8) is 0 Å². The molecule has 2 rings (SSSR count). The number of sulfonamides is 1. The summed E-state index contributed by atoms with van der Waals surface area (Å²) in [6.45, 7) is 3.36. The normalized spacial score (nSPS) is 14.3. The zero-order chi connectivity index (χ0) is 14.0. The largest absolute Gasteiger partial charge is 0.482 e. The fourth-order valence-corrected chi connectivity index (χ4v) is 3.07. The Hall–Kier alpha value is -1.57. The van der Waals surface area contributed by atoms with E-state index in [1.807, 2.05) is 0 Å². The number of benzene rings is 1. The zero-order valence-electron chi connectivity index (χ0n) is 9.77. The number of hydrogen-bond donors (Lipinski definition) is 2. The third kappa shape index (κ3) is 2.89. The van der Waals surface area contributed by atoms with Crippen molar-refractivity contribution < 1.29 is 17.9 Å². The quantitative estimate of drug-likeness (QED) is 0.817. The Bertz CT molecular complexity index is 642. The molecule has 0 unspecified atom stereocenters. The summed E-state index contributed by atoms with van der Waals surface area (Å²) in [5.74, 6) is -0.0491. The molecule has 1 amide bonds. The first kappa shape index (κ1) is 13.9. The first-order chi connectivity index (χ1) is 8.94.